The highest BCUT2D eigenvalue weighted by Gasteiger charge is 2.21. The molecule has 0 aliphatic heterocycles. The lowest BCUT2D eigenvalue weighted by atomic mass is 9.97. The van der Waals surface area contributed by atoms with Gasteiger partial charge in [0.2, 0.25) is 0 Å². The number of phenolic OH excluding ortho intramolecular Hbond substituents is 1. The van der Waals surface area contributed by atoms with E-state index in [0.29, 0.717) is 10.0 Å². The molecular weight excluding hydrogens is 232 g/mol. The van der Waals surface area contributed by atoms with E-state index in [2.05, 4.69) is 15.9 Å². The van der Waals surface area contributed by atoms with Gasteiger partial charge in [-0.25, -0.2) is 0 Å². The predicted molar refractivity (Wildman–Crippen MR) is 55.8 cm³/mol. The van der Waals surface area contributed by atoms with Crippen LogP contribution < -0.4 is 0 Å². The van der Waals surface area contributed by atoms with Crippen LogP contribution in [0.2, 0.25) is 0 Å². The van der Waals surface area contributed by atoms with E-state index in [4.69, 9.17) is 0 Å². The molecule has 0 amide bonds. The van der Waals surface area contributed by atoms with Gasteiger partial charge in [-0.15, -0.1) is 0 Å². The summed E-state index contributed by atoms with van der Waals surface area (Å²) in [5, 5.41) is 19.3. The van der Waals surface area contributed by atoms with E-state index in [0.717, 1.165) is 5.56 Å². The molecule has 0 bridgehead atoms. The molecule has 0 radical (unpaired) electrons. The molecule has 0 aliphatic carbocycles. The summed E-state index contributed by atoms with van der Waals surface area (Å²) in [5.74, 6) is 0.194. The third-order valence-electron chi connectivity index (χ3n) is 1.98. The highest BCUT2D eigenvalue weighted by molar-refractivity contribution is 9.10. The van der Waals surface area contributed by atoms with Crippen LogP contribution in [0.3, 0.4) is 0 Å². The van der Waals surface area contributed by atoms with Crippen LogP contribution >= 0.6 is 15.9 Å². The average molecular weight is 245 g/mol. The summed E-state index contributed by atoms with van der Waals surface area (Å²) in [6.45, 7) is 5.18. The van der Waals surface area contributed by atoms with E-state index >= 15 is 0 Å². The maximum atomic E-state index is 9.74. The van der Waals surface area contributed by atoms with E-state index in [1.54, 1.807) is 26.0 Å². The summed E-state index contributed by atoms with van der Waals surface area (Å²) >= 11 is 3.26. The van der Waals surface area contributed by atoms with Crippen molar-refractivity contribution in [3.63, 3.8) is 0 Å². The molecule has 1 rings (SSSR count). The number of aryl methyl sites for hydroxylation is 1. The lowest BCUT2D eigenvalue weighted by Crippen LogP contribution is -2.16. The lowest BCUT2D eigenvalue weighted by Gasteiger charge is -2.20. The van der Waals surface area contributed by atoms with Crippen molar-refractivity contribution in [1.29, 1.82) is 0 Å². The zero-order valence-electron chi connectivity index (χ0n) is 7.93. The van der Waals surface area contributed by atoms with Crippen molar-refractivity contribution in [1.82, 2.24) is 0 Å². The SMILES string of the molecule is Cc1ccc(C(C)(C)O)c(Br)c1O. The van der Waals surface area contributed by atoms with Crippen LogP contribution in [-0.4, -0.2) is 10.2 Å². The second-order valence-corrected chi connectivity index (χ2v) is 4.44. The third-order valence-corrected chi connectivity index (χ3v) is 2.78. The van der Waals surface area contributed by atoms with Crippen molar-refractivity contribution in [3.8, 4) is 5.75 Å². The number of aliphatic hydroxyl groups is 1. The summed E-state index contributed by atoms with van der Waals surface area (Å²) in [5.41, 5.74) is 0.541. The molecule has 0 saturated heterocycles. The standard InChI is InChI=1S/C10H13BrO2/c1-6-4-5-7(10(2,3)13)8(11)9(6)12/h4-5,12-13H,1-3H3. The van der Waals surface area contributed by atoms with Gasteiger partial charge in [-0.1, -0.05) is 12.1 Å². The summed E-state index contributed by atoms with van der Waals surface area (Å²) in [7, 11) is 0. The normalized spacial score (nSPS) is 11.8. The summed E-state index contributed by atoms with van der Waals surface area (Å²) < 4.78 is 0.569. The number of halogens is 1. The Morgan fingerprint density at radius 3 is 2.31 bits per heavy atom. The molecule has 0 aliphatic rings. The minimum atomic E-state index is -0.940. The Morgan fingerprint density at radius 2 is 1.85 bits per heavy atom. The molecule has 1 aromatic rings. The lowest BCUT2D eigenvalue weighted by molar-refractivity contribution is 0.0775. The summed E-state index contributed by atoms with van der Waals surface area (Å²) in [6.07, 6.45) is 0. The van der Waals surface area contributed by atoms with Gasteiger partial charge < -0.3 is 10.2 Å². The molecule has 0 heterocycles. The minimum absolute atomic E-state index is 0.194. The van der Waals surface area contributed by atoms with Crippen LogP contribution in [0.1, 0.15) is 25.0 Å². The Morgan fingerprint density at radius 1 is 1.31 bits per heavy atom. The van der Waals surface area contributed by atoms with Crippen molar-refractivity contribution in [2.45, 2.75) is 26.4 Å². The number of aromatic hydroxyl groups is 1. The van der Waals surface area contributed by atoms with Crippen molar-refractivity contribution >= 4 is 15.9 Å². The largest absolute Gasteiger partial charge is 0.506 e. The second kappa shape index (κ2) is 3.31. The van der Waals surface area contributed by atoms with Gasteiger partial charge in [-0.2, -0.15) is 0 Å². The number of hydrogen-bond acceptors (Lipinski definition) is 2. The maximum Gasteiger partial charge on any atom is 0.133 e. The fourth-order valence-corrected chi connectivity index (χ4v) is 2.06. The molecular formula is C10H13BrO2. The van der Waals surface area contributed by atoms with Crippen LogP contribution in [0.4, 0.5) is 0 Å². The first-order valence-electron chi connectivity index (χ1n) is 4.05. The van der Waals surface area contributed by atoms with Gasteiger partial charge in [-0.05, 0) is 42.3 Å². The van der Waals surface area contributed by atoms with E-state index < -0.39 is 5.60 Å². The number of phenols is 1. The molecule has 2 nitrogen and oxygen atoms in total. The molecule has 0 fully saturated rings. The van der Waals surface area contributed by atoms with Crippen LogP contribution in [0, 0.1) is 6.92 Å². The van der Waals surface area contributed by atoms with Gasteiger partial charge in [0.15, 0.2) is 0 Å². The molecule has 0 aromatic heterocycles. The van der Waals surface area contributed by atoms with Gasteiger partial charge in [0.1, 0.15) is 5.75 Å². The van der Waals surface area contributed by atoms with Gasteiger partial charge >= 0.3 is 0 Å². The quantitative estimate of drug-likeness (QED) is 0.798. The highest BCUT2D eigenvalue weighted by atomic mass is 79.9. The number of benzene rings is 1. The Hall–Kier alpha value is -0.540. The topological polar surface area (TPSA) is 40.5 Å². The predicted octanol–water partition coefficient (Wildman–Crippen LogP) is 2.69. The first-order chi connectivity index (χ1) is 5.84. The number of hydrogen-bond donors (Lipinski definition) is 2. The monoisotopic (exact) mass is 244 g/mol. The molecule has 0 atom stereocenters. The summed E-state index contributed by atoms with van der Waals surface area (Å²) in [6, 6.07) is 3.59. The fraction of sp³-hybridized carbons (Fsp3) is 0.400. The molecule has 72 valence electrons. The Bertz CT molecular complexity index is 326. The minimum Gasteiger partial charge on any atom is -0.506 e. The third kappa shape index (κ3) is 2.03. The smallest absolute Gasteiger partial charge is 0.133 e. The molecule has 2 N–H and O–H groups in total. The van der Waals surface area contributed by atoms with E-state index in [9.17, 15) is 10.2 Å². The maximum absolute atomic E-state index is 9.74. The Balaban J connectivity index is 3.35. The van der Waals surface area contributed by atoms with Gasteiger partial charge in [0, 0.05) is 5.56 Å². The van der Waals surface area contributed by atoms with Crippen molar-refractivity contribution in [3.05, 3.63) is 27.7 Å². The number of rotatable bonds is 1. The Kier molecular flexibility index (Phi) is 2.68. The van der Waals surface area contributed by atoms with Crippen LogP contribution in [0.5, 0.6) is 5.75 Å². The first kappa shape index (κ1) is 10.5. The zero-order chi connectivity index (χ0) is 10.2. The van der Waals surface area contributed by atoms with Crippen molar-refractivity contribution in [2.75, 3.05) is 0 Å². The van der Waals surface area contributed by atoms with E-state index in [-0.39, 0.29) is 5.75 Å². The molecule has 0 unspecified atom stereocenters. The Labute approximate surface area is 86.3 Å². The fourth-order valence-electron chi connectivity index (χ4n) is 1.13. The van der Waals surface area contributed by atoms with Crippen molar-refractivity contribution < 1.29 is 10.2 Å². The average Bonchev–Trinajstić information content (AvgIpc) is 1.98. The zero-order valence-corrected chi connectivity index (χ0v) is 9.51. The van der Waals surface area contributed by atoms with Crippen LogP contribution in [-0.2, 0) is 5.60 Å². The van der Waals surface area contributed by atoms with Crippen LogP contribution in [0.25, 0.3) is 0 Å². The summed E-state index contributed by atoms with van der Waals surface area (Å²) in [4.78, 5) is 0. The molecule has 0 saturated carbocycles. The van der Waals surface area contributed by atoms with E-state index in [1.807, 2.05) is 6.92 Å². The van der Waals surface area contributed by atoms with Gasteiger partial charge in [0.05, 0.1) is 10.1 Å². The molecule has 0 spiro atoms. The molecule has 13 heavy (non-hydrogen) atoms. The first-order valence-corrected chi connectivity index (χ1v) is 4.84. The van der Waals surface area contributed by atoms with Gasteiger partial charge in [0.25, 0.3) is 0 Å². The second-order valence-electron chi connectivity index (χ2n) is 3.65. The van der Waals surface area contributed by atoms with Crippen molar-refractivity contribution in [2.24, 2.45) is 0 Å². The van der Waals surface area contributed by atoms with Crippen LogP contribution in [0.15, 0.2) is 16.6 Å². The molecule has 3 heteroatoms. The molecule has 1 aromatic carbocycles. The van der Waals surface area contributed by atoms with Gasteiger partial charge in [-0.3, -0.25) is 0 Å². The highest BCUT2D eigenvalue weighted by Crippen LogP contribution is 2.36. The van der Waals surface area contributed by atoms with E-state index in [1.165, 1.54) is 0 Å².